The fourth-order valence-corrected chi connectivity index (χ4v) is 2.92. The Labute approximate surface area is 118 Å². The maximum absolute atomic E-state index is 14.0. The van der Waals surface area contributed by atoms with Gasteiger partial charge in [0.05, 0.1) is 13.2 Å². The minimum atomic E-state index is -0.363. The molecule has 4 nitrogen and oxygen atoms in total. The molecule has 0 radical (unpaired) electrons. The minimum absolute atomic E-state index is 0.165. The van der Waals surface area contributed by atoms with Gasteiger partial charge in [0, 0.05) is 44.6 Å². The zero-order chi connectivity index (χ0) is 14.0. The first-order valence-corrected chi connectivity index (χ1v) is 7.18. The zero-order valence-electron chi connectivity index (χ0n) is 11.6. The van der Waals surface area contributed by atoms with E-state index in [1.54, 1.807) is 0 Å². The number of nitrogens with two attached hydrogens (primary N) is 1. The Morgan fingerprint density at radius 2 is 1.90 bits per heavy atom. The summed E-state index contributed by atoms with van der Waals surface area (Å²) in [7, 11) is 0. The number of nitrogens with zero attached hydrogens (tertiary/aromatic N) is 1. The second kappa shape index (κ2) is 5.77. The number of piperidine rings is 1. The number of likely N-dealkylation sites (tertiary alicyclic amines) is 1. The van der Waals surface area contributed by atoms with Crippen LogP contribution in [0.5, 0.6) is 0 Å². The Morgan fingerprint density at radius 1 is 1.20 bits per heavy atom. The molecule has 20 heavy (non-hydrogen) atoms. The van der Waals surface area contributed by atoms with E-state index in [1.165, 1.54) is 6.07 Å². The van der Waals surface area contributed by atoms with Crippen molar-refractivity contribution in [2.24, 2.45) is 5.73 Å². The van der Waals surface area contributed by atoms with E-state index in [1.807, 2.05) is 12.1 Å². The summed E-state index contributed by atoms with van der Waals surface area (Å²) < 4.78 is 25.3. The van der Waals surface area contributed by atoms with Crippen LogP contribution >= 0.6 is 0 Å². The molecular formula is C15H21FN2O2. The highest BCUT2D eigenvalue weighted by Gasteiger charge is 2.39. The Balaban J connectivity index is 1.59. The van der Waals surface area contributed by atoms with Gasteiger partial charge in [0.25, 0.3) is 0 Å². The maximum atomic E-state index is 14.0. The van der Waals surface area contributed by atoms with Gasteiger partial charge in [0.1, 0.15) is 5.82 Å². The van der Waals surface area contributed by atoms with E-state index < -0.39 is 0 Å². The molecule has 0 unspecified atom stereocenters. The molecule has 0 saturated carbocycles. The van der Waals surface area contributed by atoms with E-state index in [-0.39, 0.29) is 11.6 Å². The molecule has 0 aromatic heterocycles. The van der Waals surface area contributed by atoms with E-state index >= 15 is 0 Å². The van der Waals surface area contributed by atoms with E-state index in [0.717, 1.165) is 37.1 Å². The molecule has 2 heterocycles. The SMILES string of the molecule is NCc1ccc(CN2CCC3(CC2)OCCO3)c(F)c1. The van der Waals surface area contributed by atoms with Crippen molar-refractivity contribution in [3.8, 4) is 0 Å². The average Bonchev–Trinajstić information content (AvgIpc) is 2.92. The van der Waals surface area contributed by atoms with Gasteiger partial charge in [-0.25, -0.2) is 4.39 Å². The molecule has 3 rings (SSSR count). The lowest BCUT2D eigenvalue weighted by molar-refractivity contribution is -0.185. The standard InChI is InChI=1S/C15H21FN2O2/c16-14-9-12(10-17)1-2-13(14)11-18-5-3-15(4-6-18)19-7-8-20-15/h1-2,9H,3-8,10-11,17H2. The molecule has 2 aliphatic heterocycles. The van der Waals surface area contributed by atoms with E-state index in [2.05, 4.69) is 4.90 Å². The Bertz CT molecular complexity index is 465. The lowest BCUT2D eigenvalue weighted by atomic mass is 10.0. The van der Waals surface area contributed by atoms with E-state index in [9.17, 15) is 4.39 Å². The third-order valence-corrected chi connectivity index (χ3v) is 4.18. The van der Waals surface area contributed by atoms with E-state index in [0.29, 0.717) is 26.3 Å². The molecule has 1 aromatic carbocycles. The highest BCUT2D eigenvalue weighted by atomic mass is 19.1. The van der Waals surface area contributed by atoms with Gasteiger partial charge < -0.3 is 15.2 Å². The van der Waals surface area contributed by atoms with Gasteiger partial charge in [-0.1, -0.05) is 12.1 Å². The van der Waals surface area contributed by atoms with Gasteiger partial charge in [0.15, 0.2) is 5.79 Å². The molecule has 1 aromatic rings. The summed E-state index contributed by atoms with van der Waals surface area (Å²) in [4.78, 5) is 2.25. The third-order valence-electron chi connectivity index (χ3n) is 4.18. The van der Waals surface area contributed by atoms with Crippen LogP contribution < -0.4 is 5.73 Å². The predicted molar refractivity (Wildman–Crippen MR) is 73.4 cm³/mol. The summed E-state index contributed by atoms with van der Waals surface area (Å²) in [5.74, 6) is -0.528. The van der Waals surface area contributed by atoms with Crippen LogP contribution in [0.15, 0.2) is 18.2 Å². The van der Waals surface area contributed by atoms with Crippen molar-refractivity contribution in [1.29, 1.82) is 0 Å². The highest BCUT2D eigenvalue weighted by Crippen LogP contribution is 2.31. The van der Waals surface area contributed by atoms with Crippen molar-refractivity contribution >= 4 is 0 Å². The summed E-state index contributed by atoms with van der Waals surface area (Å²) in [6.45, 7) is 4.13. The molecule has 110 valence electrons. The number of hydrogen-bond acceptors (Lipinski definition) is 4. The fourth-order valence-electron chi connectivity index (χ4n) is 2.92. The van der Waals surface area contributed by atoms with Crippen molar-refractivity contribution < 1.29 is 13.9 Å². The molecule has 5 heteroatoms. The van der Waals surface area contributed by atoms with Gasteiger partial charge in [-0.05, 0) is 11.6 Å². The third kappa shape index (κ3) is 2.86. The summed E-state index contributed by atoms with van der Waals surface area (Å²) >= 11 is 0. The first kappa shape index (κ1) is 13.9. The second-order valence-electron chi connectivity index (χ2n) is 5.51. The van der Waals surface area contributed by atoms with Crippen molar-refractivity contribution in [2.75, 3.05) is 26.3 Å². The number of halogens is 1. The van der Waals surface area contributed by atoms with Crippen LogP contribution in [-0.4, -0.2) is 37.0 Å². The normalized spacial score (nSPS) is 22.5. The topological polar surface area (TPSA) is 47.7 Å². The number of benzene rings is 1. The van der Waals surface area contributed by atoms with Crippen LogP contribution in [0, 0.1) is 5.82 Å². The molecule has 0 bridgehead atoms. The summed E-state index contributed by atoms with van der Waals surface area (Å²) in [6, 6.07) is 5.27. The molecule has 2 fully saturated rings. The largest absolute Gasteiger partial charge is 0.347 e. The molecule has 2 N–H and O–H groups in total. The molecule has 0 atom stereocenters. The fraction of sp³-hybridized carbons (Fsp3) is 0.600. The van der Waals surface area contributed by atoms with Crippen molar-refractivity contribution in [1.82, 2.24) is 4.90 Å². The first-order chi connectivity index (χ1) is 9.71. The zero-order valence-corrected chi connectivity index (χ0v) is 11.6. The summed E-state index contributed by atoms with van der Waals surface area (Å²) in [5, 5.41) is 0. The molecule has 0 amide bonds. The van der Waals surface area contributed by atoms with Crippen LogP contribution in [0.4, 0.5) is 4.39 Å². The molecule has 1 spiro atoms. The number of rotatable bonds is 3. The smallest absolute Gasteiger partial charge is 0.170 e. The first-order valence-electron chi connectivity index (χ1n) is 7.18. The van der Waals surface area contributed by atoms with Crippen LogP contribution in [0.25, 0.3) is 0 Å². The second-order valence-corrected chi connectivity index (χ2v) is 5.51. The Morgan fingerprint density at radius 3 is 2.50 bits per heavy atom. The van der Waals surface area contributed by atoms with Crippen molar-refractivity contribution in [3.05, 3.63) is 35.1 Å². The maximum Gasteiger partial charge on any atom is 0.170 e. The monoisotopic (exact) mass is 280 g/mol. The van der Waals surface area contributed by atoms with Crippen molar-refractivity contribution in [3.63, 3.8) is 0 Å². The Kier molecular flexibility index (Phi) is 4.03. The van der Waals surface area contributed by atoms with Gasteiger partial charge in [0.2, 0.25) is 0 Å². The number of hydrogen-bond donors (Lipinski definition) is 1. The van der Waals surface area contributed by atoms with Crippen LogP contribution in [0.3, 0.4) is 0 Å². The van der Waals surface area contributed by atoms with Crippen LogP contribution in [-0.2, 0) is 22.6 Å². The molecular weight excluding hydrogens is 259 g/mol. The molecule has 0 aliphatic carbocycles. The summed E-state index contributed by atoms with van der Waals surface area (Å²) in [5.41, 5.74) is 7.07. The average molecular weight is 280 g/mol. The minimum Gasteiger partial charge on any atom is -0.347 e. The van der Waals surface area contributed by atoms with Crippen LogP contribution in [0.1, 0.15) is 24.0 Å². The lowest BCUT2D eigenvalue weighted by Crippen LogP contribution is -2.44. The van der Waals surface area contributed by atoms with Crippen LogP contribution in [0.2, 0.25) is 0 Å². The molecule has 2 saturated heterocycles. The highest BCUT2D eigenvalue weighted by molar-refractivity contribution is 5.24. The lowest BCUT2D eigenvalue weighted by Gasteiger charge is -2.37. The van der Waals surface area contributed by atoms with Gasteiger partial charge >= 0.3 is 0 Å². The van der Waals surface area contributed by atoms with Crippen molar-refractivity contribution in [2.45, 2.75) is 31.7 Å². The summed E-state index contributed by atoms with van der Waals surface area (Å²) in [6.07, 6.45) is 1.71. The quantitative estimate of drug-likeness (QED) is 0.914. The number of ether oxygens (including phenoxy) is 2. The van der Waals surface area contributed by atoms with Gasteiger partial charge in [-0.3, -0.25) is 4.90 Å². The Hall–Kier alpha value is -1.01. The molecule has 2 aliphatic rings. The predicted octanol–water partition coefficient (Wildman–Crippen LogP) is 1.62. The van der Waals surface area contributed by atoms with E-state index in [4.69, 9.17) is 15.2 Å². The van der Waals surface area contributed by atoms with Gasteiger partial charge in [-0.2, -0.15) is 0 Å². The van der Waals surface area contributed by atoms with Gasteiger partial charge in [-0.15, -0.1) is 0 Å².